The Labute approximate surface area is 120 Å². The fourth-order valence-electron chi connectivity index (χ4n) is 3.83. The first-order valence-electron chi connectivity index (χ1n) is 6.62. The Bertz CT molecular complexity index is 639. The molecule has 2 amide bonds. The fourth-order valence-corrected chi connectivity index (χ4v) is 3.99. The van der Waals surface area contributed by atoms with Crippen molar-refractivity contribution < 1.29 is 14.7 Å². The molecule has 4 nitrogen and oxygen atoms in total. The van der Waals surface area contributed by atoms with Crippen molar-refractivity contribution in [2.75, 3.05) is 4.90 Å². The van der Waals surface area contributed by atoms with E-state index in [0.717, 1.165) is 11.3 Å². The number of halogens is 1. The van der Waals surface area contributed by atoms with Crippen LogP contribution in [0.15, 0.2) is 30.4 Å². The van der Waals surface area contributed by atoms with E-state index in [9.17, 15) is 14.7 Å². The molecule has 0 radical (unpaired) electrons. The van der Waals surface area contributed by atoms with Crippen LogP contribution in [0.5, 0.6) is 5.75 Å². The summed E-state index contributed by atoms with van der Waals surface area (Å²) in [4.78, 5) is 26.2. The van der Waals surface area contributed by atoms with E-state index < -0.39 is 0 Å². The van der Waals surface area contributed by atoms with Gasteiger partial charge in [0.25, 0.3) is 0 Å². The molecule has 2 bridgehead atoms. The van der Waals surface area contributed by atoms with Crippen molar-refractivity contribution >= 4 is 29.1 Å². The zero-order valence-electron chi connectivity index (χ0n) is 10.5. The lowest BCUT2D eigenvalue weighted by Crippen LogP contribution is -2.32. The van der Waals surface area contributed by atoms with E-state index in [-0.39, 0.29) is 46.9 Å². The second-order valence-electron chi connectivity index (χ2n) is 5.64. The van der Waals surface area contributed by atoms with Crippen LogP contribution < -0.4 is 4.90 Å². The zero-order valence-corrected chi connectivity index (χ0v) is 11.2. The number of imide groups is 1. The number of phenols is 1. The smallest absolute Gasteiger partial charge is 0.238 e. The summed E-state index contributed by atoms with van der Waals surface area (Å²) in [7, 11) is 0. The van der Waals surface area contributed by atoms with Crippen molar-refractivity contribution in [2.24, 2.45) is 23.7 Å². The standard InChI is InChI=1S/C15H12ClNO3/c16-9-3-4-10(11(18)6-9)17-14(19)12-7-1-2-8(5-7)13(12)15(17)20/h1-4,6-8,12-13,18H,5H2/t7-,8+,12-,13-/m0/s1. The lowest BCUT2D eigenvalue weighted by molar-refractivity contribution is -0.123. The van der Waals surface area contributed by atoms with Crippen LogP contribution in [-0.2, 0) is 9.59 Å². The number of carbonyl (C=O) groups excluding carboxylic acids is 2. The molecule has 1 saturated heterocycles. The van der Waals surface area contributed by atoms with Crippen LogP contribution in [0.1, 0.15) is 6.42 Å². The molecule has 1 heterocycles. The monoisotopic (exact) mass is 289 g/mol. The Morgan fingerprint density at radius 3 is 2.25 bits per heavy atom. The van der Waals surface area contributed by atoms with E-state index in [4.69, 9.17) is 11.6 Å². The molecule has 2 fully saturated rings. The Balaban J connectivity index is 1.78. The fraction of sp³-hybridized carbons (Fsp3) is 0.333. The Hall–Kier alpha value is -1.81. The maximum Gasteiger partial charge on any atom is 0.238 e. The number of hydrogen-bond donors (Lipinski definition) is 1. The highest BCUT2D eigenvalue weighted by atomic mass is 35.5. The predicted octanol–water partition coefficient (Wildman–Crippen LogP) is 2.36. The minimum Gasteiger partial charge on any atom is -0.506 e. The average molecular weight is 290 g/mol. The average Bonchev–Trinajstić information content (AvgIpc) is 3.06. The molecule has 4 rings (SSSR count). The third kappa shape index (κ3) is 1.37. The summed E-state index contributed by atoms with van der Waals surface area (Å²) in [5.74, 6) is -0.717. The lowest BCUT2D eigenvalue weighted by atomic mass is 9.85. The number of benzene rings is 1. The van der Waals surface area contributed by atoms with Gasteiger partial charge in [0.2, 0.25) is 11.8 Å². The van der Waals surface area contributed by atoms with Crippen molar-refractivity contribution in [1.29, 1.82) is 0 Å². The number of carbonyl (C=O) groups is 2. The van der Waals surface area contributed by atoms with Gasteiger partial charge in [0, 0.05) is 11.1 Å². The molecular formula is C15H12ClNO3. The van der Waals surface area contributed by atoms with Crippen LogP contribution >= 0.6 is 11.6 Å². The molecule has 0 aromatic heterocycles. The third-order valence-electron chi connectivity index (χ3n) is 4.65. The molecule has 5 heteroatoms. The number of phenolic OH excluding ortho intramolecular Hbond substituents is 1. The quantitative estimate of drug-likeness (QED) is 0.638. The maximum absolute atomic E-state index is 12.6. The van der Waals surface area contributed by atoms with Gasteiger partial charge >= 0.3 is 0 Å². The molecule has 4 atom stereocenters. The number of fused-ring (bicyclic) bond motifs is 5. The summed E-state index contributed by atoms with van der Waals surface area (Å²) < 4.78 is 0. The van der Waals surface area contributed by atoms with Crippen LogP contribution in [0.3, 0.4) is 0 Å². The summed E-state index contributed by atoms with van der Waals surface area (Å²) in [6, 6.07) is 4.43. The van der Waals surface area contributed by atoms with Crippen molar-refractivity contribution in [1.82, 2.24) is 0 Å². The normalized spacial score (nSPS) is 34.1. The van der Waals surface area contributed by atoms with Gasteiger partial charge in [-0.3, -0.25) is 9.59 Å². The Kier molecular flexibility index (Phi) is 2.31. The second kappa shape index (κ2) is 3.85. The van der Waals surface area contributed by atoms with E-state index in [0.29, 0.717) is 5.02 Å². The van der Waals surface area contributed by atoms with Crippen LogP contribution in [0.25, 0.3) is 0 Å². The number of hydrogen-bond acceptors (Lipinski definition) is 3. The summed E-state index contributed by atoms with van der Waals surface area (Å²) in [5, 5.41) is 10.3. The number of rotatable bonds is 1. The van der Waals surface area contributed by atoms with Gasteiger partial charge in [-0.05, 0) is 30.4 Å². The van der Waals surface area contributed by atoms with Gasteiger partial charge < -0.3 is 5.11 Å². The van der Waals surface area contributed by atoms with E-state index in [1.807, 2.05) is 12.2 Å². The minimum absolute atomic E-state index is 0.139. The van der Waals surface area contributed by atoms with Gasteiger partial charge in [0.05, 0.1) is 17.5 Å². The van der Waals surface area contributed by atoms with Gasteiger partial charge in [0.15, 0.2) is 0 Å². The Morgan fingerprint density at radius 2 is 1.70 bits per heavy atom. The topological polar surface area (TPSA) is 57.6 Å². The molecular weight excluding hydrogens is 278 g/mol. The van der Waals surface area contributed by atoms with Gasteiger partial charge in [-0.1, -0.05) is 23.8 Å². The highest BCUT2D eigenvalue weighted by Gasteiger charge is 2.59. The molecule has 1 aromatic carbocycles. The highest BCUT2D eigenvalue weighted by molar-refractivity contribution is 6.31. The number of allylic oxidation sites excluding steroid dienone is 2. The van der Waals surface area contributed by atoms with E-state index in [1.165, 1.54) is 12.1 Å². The Morgan fingerprint density at radius 1 is 1.10 bits per heavy atom. The molecule has 0 spiro atoms. The first-order valence-corrected chi connectivity index (χ1v) is 7.00. The van der Waals surface area contributed by atoms with Crippen LogP contribution in [0, 0.1) is 23.7 Å². The first-order chi connectivity index (χ1) is 9.58. The number of nitrogens with zero attached hydrogens (tertiary/aromatic N) is 1. The summed E-state index contributed by atoms with van der Waals surface area (Å²) >= 11 is 5.79. The van der Waals surface area contributed by atoms with Gasteiger partial charge in [-0.15, -0.1) is 0 Å². The van der Waals surface area contributed by atoms with Gasteiger partial charge in [-0.2, -0.15) is 0 Å². The lowest BCUT2D eigenvalue weighted by Gasteiger charge is -2.18. The molecule has 0 unspecified atom stereocenters. The second-order valence-corrected chi connectivity index (χ2v) is 6.08. The summed E-state index contributed by atoms with van der Waals surface area (Å²) in [6.07, 6.45) is 4.98. The maximum atomic E-state index is 12.6. The molecule has 3 aliphatic rings. The van der Waals surface area contributed by atoms with Crippen molar-refractivity contribution in [2.45, 2.75) is 6.42 Å². The third-order valence-corrected chi connectivity index (χ3v) is 4.88. The zero-order chi connectivity index (χ0) is 14.0. The van der Waals surface area contributed by atoms with Gasteiger partial charge in [-0.25, -0.2) is 4.90 Å². The number of amides is 2. The van der Waals surface area contributed by atoms with Crippen LogP contribution in [0.4, 0.5) is 5.69 Å². The van der Waals surface area contributed by atoms with Crippen molar-refractivity contribution in [3.63, 3.8) is 0 Å². The molecule has 1 aromatic rings. The summed E-state index contributed by atoms with van der Waals surface area (Å²) in [5.41, 5.74) is 0.234. The molecule has 2 aliphatic carbocycles. The SMILES string of the molecule is O=C1[C@@H]2[C@@H](C(=O)N1c1ccc(Cl)cc1O)[C@H]1C=C[C@@H]2C1. The van der Waals surface area contributed by atoms with Crippen LogP contribution in [-0.4, -0.2) is 16.9 Å². The van der Waals surface area contributed by atoms with Crippen molar-refractivity contribution in [3.05, 3.63) is 35.4 Å². The molecule has 20 heavy (non-hydrogen) atoms. The minimum atomic E-state index is -0.257. The first kappa shape index (κ1) is 12.0. The van der Waals surface area contributed by atoms with E-state index in [2.05, 4.69) is 0 Å². The number of anilines is 1. The molecule has 1 saturated carbocycles. The molecule has 1 aliphatic heterocycles. The van der Waals surface area contributed by atoms with E-state index >= 15 is 0 Å². The van der Waals surface area contributed by atoms with Crippen LogP contribution in [0.2, 0.25) is 5.02 Å². The van der Waals surface area contributed by atoms with Crippen molar-refractivity contribution in [3.8, 4) is 5.75 Å². The highest BCUT2D eigenvalue weighted by Crippen LogP contribution is 2.53. The van der Waals surface area contributed by atoms with Gasteiger partial charge in [0.1, 0.15) is 5.75 Å². The van der Waals surface area contributed by atoms with E-state index in [1.54, 1.807) is 6.07 Å². The number of aromatic hydroxyl groups is 1. The molecule has 102 valence electrons. The largest absolute Gasteiger partial charge is 0.506 e. The summed E-state index contributed by atoms with van der Waals surface area (Å²) in [6.45, 7) is 0. The predicted molar refractivity (Wildman–Crippen MR) is 73.3 cm³/mol. The molecule has 1 N–H and O–H groups in total.